The van der Waals surface area contributed by atoms with Gasteiger partial charge in [-0.15, -0.1) is 11.3 Å². The summed E-state index contributed by atoms with van der Waals surface area (Å²) in [4.78, 5) is 31.1. The molecule has 1 atom stereocenters. The van der Waals surface area contributed by atoms with Gasteiger partial charge in [0.2, 0.25) is 5.91 Å². The second kappa shape index (κ2) is 7.27. The van der Waals surface area contributed by atoms with Crippen LogP contribution in [0.25, 0.3) is 10.2 Å². The van der Waals surface area contributed by atoms with Crippen LogP contribution < -0.4 is 0 Å². The normalized spacial score (nSPS) is 17.0. The molecule has 1 aliphatic rings. The predicted molar refractivity (Wildman–Crippen MR) is 105 cm³/mol. The van der Waals surface area contributed by atoms with Crippen LogP contribution in [0.4, 0.5) is 0 Å². The predicted octanol–water partition coefficient (Wildman–Crippen LogP) is 4.70. The lowest BCUT2D eigenvalue weighted by atomic mass is 10.1. The Hall–Kier alpha value is -2.47. The molecule has 0 spiro atoms. The van der Waals surface area contributed by atoms with Crippen molar-refractivity contribution in [1.82, 2.24) is 9.88 Å². The molecule has 6 heteroatoms. The number of nitrogens with zero attached hydrogens (tertiary/aromatic N) is 2. The number of thiazole rings is 1. The maximum Gasteiger partial charge on any atom is 0.223 e. The second-order valence-corrected chi connectivity index (χ2v) is 8.07. The molecule has 0 aliphatic carbocycles. The Morgan fingerprint density at radius 3 is 2.89 bits per heavy atom. The van der Waals surface area contributed by atoms with E-state index < -0.39 is 0 Å². The highest BCUT2D eigenvalue weighted by molar-refractivity contribution is 7.18. The van der Waals surface area contributed by atoms with Crippen molar-refractivity contribution < 1.29 is 14.0 Å². The van der Waals surface area contributed by atoms with E-state index in [0.717, 1.165) is 34.6 Å². The Labute approximate surface area is 162 Å². The molecule has 5 nitrogen and oxygen atoms in total. The molecule has 27 heavy (non-hydrogen) atoms. The van der Waals surface area contributed by atoms with Gasteiger partial charge in [-0.3, -0.25) is 9.59 Å². The molecule has 140 valence electrons. The number of carbonyl (C=O) groups is 2. The molecule has 1 aromatic carbocycles. The molecular formula is C21H22N2O3S. The van der Waals surface area contributed by atoms with Gasteiger partial charge >= 0.3 is 0 Å². The van der Waals surface area contributed by atoms with Gasteiger partial charge in [-0.2, -0.15) is 0 Å². The largest absolute Gasteiger partial charge is 0.466 e. The number of para-hydroxylation sites is 1. The number of hydrogen-bond acceptors (Lipinski definition) is 5. The van der Waals surface area contributed by atoms with Crippen LogP contribution in [-0.4, -0.2) is 28.1 Å². The number of aryl methyl sites for hydroxylation is 2. The van der Waals surface area contributed by atoms with Crippen LogP contribution in [-0.2, 0) is 11.2 Å². The maximum absolute atomic E-state index is 12.8. The molecule has 0 bridgehead atoms. The highest BCUT2D eigenvalue weighted by Crippen LogP contribution is 2.36. The van der Waals surface area contributed by atoms with Crippen LogP contribution >= 0.6 is 11.3 Å². The van der Waals surface area contributed by atoms with Crippen LogP contribution in [0.1, 0.15) is 59.1 Å². The molecule has 2 aromatic heterocycles. The SMILES string of the molecule is CC(=O)c1cc(CCC(=O)N2CCC[C@H]2c2nc3ccccc3s2)oc1C. The van der Waals surface area contributed by atoms with E-state index in [4.69, 9.17) is 9.40 Å². The summed E-state index contributed by atoms with van der Waals surface area (Å²) in [5.74, 6) is 1.43. The number of carbonyl (C=O) groups excluding carboxylic acids is 2. The molecule has 0 saturated carbocycles. The third-order valence-electron chi connectivity index (χ3n) is 5.10. The first-order valence-corrected chi connectivity index (χ1v) is 10.1. The number of fused-ring (bicyclic) bond motifs is 1. The Bertz CT molecular complexity index is 971. The number of hydrogen-bond donors (Lipinski definition) is 0. The summed E-state index contributed by atoms with van der Waals surface area (Å²) >= 11 is 1.68. The zero-order chi connectivity index (χ0) is 19.0. The van der Waals surface area contributed by atoms with Crippen LogP contribution in [0, 0.1) is 6.92 Å². The van der Waals surface area contributed by atoms with Crippen LogP contribution in [0.3, 0.4) is 0 Å². The van der Waals surface area contributed by atoms with E-state index in [0.29, 0.717) is 29.9 Å². The van der Waals surface area contributed by atoms with Crippen molar-refractivity contribution in [2.45, 2.75) is 45.6 Å². The van der Waals surface area contributed by atoms with Crippen molar-refractivity contribution in [1.29, 1.82) is 0 Å². The van der Waals surface area contributed by atoms with Crippen molar-refractivity contribution in [2.75, 3.05) is 6.54 Å². The van der Waals surface area contributed by atoms with Gasteiger partial charge in [-0.1, -0.05) is 12.1 Å². The molecule has 1 amide bonds. The number of Topliss-reactive ketones (excluding diaryl/α,β-unsaturated/α-hetero) is 1. The summed E-state index contributed by atoms with van der Waals surface area (Å²) < 4.78 is 6.80. The minimum atomic E-state index is -0.00994. The molecule has 0 radical (unpaired) electrons. The van der Waals surface area contributed by atoms with E-state index in [1.807, 2.05) is 23.1 Å². The van der Waals surface area contributed by atoms with Crippen molar-refractivity contribution in [3.63, 3.8) is 0 Å². The standard InChI is InChI=1S/C21H22N2O3S/c1-13(24)16-12-15(26-14(16)2)9-10-20(25)23-11-5-7-18(23)21-22-17-6-3-4-8-19(17)27-21/h3-4,6,8,12,18H,5,7,9-11H2,1-2H3/t18-/m0/s1. The summed E-state index contributed by atoms with van der Waals surface area (Å²) in [5, 5.41) is 1.02. The van der Waals surface area contributed by atoms with Gasteiger partial charge < -0.3 is 9.32 Å². The topological polar surface area (TPSA) is 63.4 Å². The highest BCUT2D eigenvalue weighted by atomic mass is 32.1. The first-order valence-electron chi connectivity index (χ1n) is 9.28. The number of furan rings is 1. The Kier molecular flexibility index (Phi) is 4.83. The molecule has 1 saturated heterocycles. The highest BCUT2D eigenvalue weighted by Gasteiger charge is 2.32. The molecular weight excluding hydrogens is 360 g/mol. The van der Waals surface area contributed by atoms with Crippen LogP contribution in [0.15, 0.2) is 34.7 Å². The lowest BCUT2D eigenvalue weighted by molar-refractivity contribution is -0.132. The van der Waals surface area contributed by atoms with Gasteiger partial charge in [0.15, 0.2) is 5.78 Å². The zero-order valence-corrected chi connectivity index (χ0v) is 16.3. The Morgan fingerprint density at radius 2 is 2.15 bits per heavy atom. The number of ketones is 1. The number of rotatable bonds is 5. The van der Waals surface area contributed by atoms with E-state index in [9.17, 15) is 9.59 Å². The third-order valence-corrected chi connectivity index (χ3v) is 6.24. The molecule has 1 fully saturated rings. The van der Waals surface area contributed by atoms with E-state index in [2.05, 4.69) is 6.07 Å². The Morgan fingerprint density at radius 1 is 1.33 bits per heavy atom. The Balaban J connectivity index is 1.46. The minimum absolute atomic E-state index is 0.00994. The van der Waals surface area contributed by atoms with E-state index in [1.54, 1.807) is 24.3 Å². The van der Waals surface area contributed by atoms with E-state index in [1.165, 1.54) is 6.92 Å². The van der Waals surface area contributed by atoms with Crippen LogP contribution in [0.5, 0.6) is 0 Å². The third kappa shape index (κ3) is 3.54. The van der Waals surface area contributed by atoms with Crippen molar-refractivity contribution >= 4 is 33.2 Å². The van der Waals surface area contributed by atoms with Gasteiger partial charge in [-0.05, 0) is 44.9 Å². The van der Waals surface area contributed by atoms with Crippen molar-refractivity contribution in [2.24, 2.45) is 0 Å². The van der Waals surface area contributed by atoms with Crippen molar-refractivity contribution in [3.8, 4) is 0 Å². The first kappa shape index (κ1) is 17.9. The van der Waals surface area contributed by atoms with Gasteiger partial charge in [0.25, 0.3) is 0 Å². The fourth-order valence-electron chi connectivity index (χ4n) is 3.74. The summed E-state index contributed by atoms with van der Waals surface area (Å²) in [7, 11) is 0. The lowest BCUT2D eigenvalue weighted by Crippen LogP contribution is -2.30. The summed E-state index contributed by atoms with van der Waals surface area (Å²) in [6.45, 7) is 4.08. The summed E-state index contributed by atoms with van der Waals surface area (Å²) in [5.41, 5.74) is 1.60. The summed E-state index contributed by atoms with van der Waals surface area (Å²) in [6.07, 6.45) is 2.85. The van der Waals surface area contributed by atoms with Crippen LogP contribution in [0.2, 0.25) is 0 Å². The lowest BCUT2D eigenvalue weighted by Gasteiger charge is -2.23. The number of benzene rings is 1. The van der Waals surface area contributed by atoms with Gasteiger partial charge in [-0.25, -0.2) is 4.98 Å². The smallest absolute Gasteiger partial charge is 0.223 e. The minimum Gasteiger partial charge on any atom is -0.466 e. The number of likely N-dealkylation sites (tertiary alicyclic amines) is 1. The summed E-state index contributed by atoms with van der Waals surface area (Å²) in [6, 6.07) is 9.93. The van der Waals surface area contributed by atoms with Crippen molar-refractivity contribution in [3.05, 3.63) is 52.4 Å². The first-order chi connectivity index (χ1) is 13.0. The molecule has 0 unspecified atom stereocenters. The van der Waals surface area contributed by atoms with Gasteiger partial charge in [0.05, 0.1) is 21.8 Å². The average Bonchev–Trinajstić information content (AvgIpc) is 3.36. The number of amides is 1. The zero-order valence-electron chi connectivity index (χ0n) is 15.5. The molecule has 3 heterocycles. The fraction of sp³-hybridized carbons (Fsp3) is 0.381. The quantitative estimate of drug-likeness (QED) is 0.600. The van der Waals surface area contributed by atoms with Gasteiger partial charge in [0, 0.05) is 19.4 Å². The monoisotopic (exact) mass is 382 g/mol. The molecule has 0 N–H and O–H groups in total. The molecule has 1 aliphatic heterocycles. The second-order valence-electron chi connectivity index (χ2n) is 7.00. The molecule has 3 aromatic rings. The fourth-order valence-corrected chi connectivity index (χ4v) is 4.86. The average molecular weight is 382 g/mol. The molecule has 4 rings (SSSR count). The van der Waals surface area contributed by atoms with E-state index in [-0.39, 0.29) is 17.7 Å². The van der Waals surface area contributed by atoms with Gasteiger partial charge in [0.1, 0.15) is 16.5 Å². The van der Waals surface area contributed by atoms with E-state index >= 15 is 0 Å². The number of aromatic nitrogens is 1. The maximum atomic E-state index is 12.8.